The molecule has 2 rings (SSSR count). The predicted molar refractivity (Wildman–Crippen MR) is 66.7 cm³/mol. The van der Waals surface area contributed by atoms with Crippen molar-refractivity contribution in [3.05, 3.63) is 23.3 Å². The fourth-order valence-electron chi connectivity index (χ4n) is 2.14. The maximum atomic E-state index is 11.9. The third-order valence-electron chi connectivity index (χ3n) is 3.05. The third-order valence-corrected chi connectivity index (χ3v) is 3.05. The molecule has 0 fully saturated rings. The van der Waals surface area contributed by atoms with Crippen molar-refractivity contribution in [2.24, 2.45) is 0 Å². The Morgan fingerprint density at radius 2 is 2.05 bits per heavy atom. The van der Waals surface area contributed by atoms with Gasteiger partial charge in [-0.25, -0.2) is 0 Å². The molecule has 0 unspecified atom stereocenters. The van der Waals surface area contributed by atoms with Crippen LogP contribution >= 0.6 is 0 Å². The molecule has 0 aromatic heterocycles. The zero-order chi connectivity index (χ0) is 14.2. The number of methoxy groups -OCH3 is 1. The van der Waals surface area contributed by atoms with Gasteiger partial charge in [-0.05, 0) is 18.6 Å². The van der Waals surface area contributed by atoms with Crippen molar-refractivity contribution in [3.8, 4) is 5.75 Å². The summed E-state index contributed by atoms with van der Waals surface area (Å²) in [5, 5.41) is 8.70. The lowest BCUT2D eigenvalue weighted by molar-refractivity contribution is -0.136. The summed E-state index contributed by atoms with van der Waals surface area (Å²) in [4.78, 5) is 35.7. The molecule has 1 aromatic carbocycles. The molecule has 0 spiro atoms. The molecule has 0 saturated heterocycles. The first-order valence-electron chi connectivity index (χ1n) is 5.73. The lowest BCUT2D eigenvalue weighted by Gasteiger charge is -2.18. The van der Waals surface area contributed by atoms with Gasteiger partial charge < -0.3 is 14.7 Å². The number of aliphatic carboxylic acids is 1. The molecule has 19 heavy (non-hydrogen) atoms. The van der Waals surface area contributed by atoms with E-state index in [2.05, 4.69) is 0 Å². The Morgan fingerprint density at radius 3 is 2.63 bits per heavy atom. The summed E-state index contributed by atoms with van der Waals surface area (Å²) in [5.74, 6) is -1.95. The van der Waals surface area contributed by atoms with Crippen LogP contribution in [0.5, 0.6) is 5.75 Å². The minimum Gasteiger partial charge on any atom is -0.495 e. The van der Waals surface area contributed by atoms with Crippen LogP contribution in [0.3, 0.4) is 0 Å². The van der Waals surface area contributed by atoms with Gasteiger partial charge in [-0.1, -0.05) is 6.07 Å². The number of hydrogen-bond acceptors (Lipinski definition) is 4. The first-order chi connectivity index (χ1) is 8.97. The van der Waals surface area contributed by atoms with E-state index in [4.69, 9.17) is 9.84 Å². The highest BCUT2D eigenvalue weighted by atomic mass is 16.5. The molecule has 1 aromatic rings. The van der Waals surface area contributed by atoms with Crippen LogP contribution in [-0.4, -0.2) is 36.4 Å². The van der Waals surface area contributed by atoms with Gasteiger partial charge in [-0.15, -0.1) is 0 Å². The number of carbonyl (C=O) groups excluding carboxylic acids is 2. The minimum atomic E-state index is -1.03. The summed E-state index contributed by atoms with van der Waals surface area (Å²) < 4.78 is 5.15. The number of nitrogens with zero attached hydrogens (tertiary/aromatic N) is 1. The van der Waals surface area contributed by atoms with Crippen LogP contribution in [0.1, 0.15) is 22.3 Å². The lowest BCUT2D eigenvalue weighted by atomic mass is 10.0. The van der Waals surface area contributed by atoms with Gasteiger partial charge in [0.15, 0.2) is 0 Å². The second kappa shape index (κ2) is 4.72. The molecule has 1 N–H and O–H groups in total. The average Bonchev–Trinajstić information content (AvgIpc) is 2.62. The highest BCUT2D eigenvalue weighted by Gasteiger charge is 2.39. The zero-order valence-electron chi connectivity index (χ0n) is 10.6. The number of aryl methyl sites for hydroxylation is 1. The van der Waals surface area contributed by atoms with Crippen LogP contribution in [-0.2, 0) is 9.59 Å². The number of fused-ring (bicyclic) bond motifs is 1. The maximum absolute atomic E-state index is 11.9. The molecule has 0 aliphatic carbocycles. The Bertz CT molecular complexity index is 579. The predicted octanol–water partition coefficient (Wildman–Crippen LogP) is 1.01. The van der Waals surface area contributed by atoms with Crippen LogP contribution in [0.15, 0.2) is 12.1 Å². The highest BCUT2D eigenvalue weighted by molar-refractivity contribution is 6.53. The van der Waals surface area contributed by atoms with Crippen LogP contribution in [0.4, 0.5) is 5.69 Å². The van der Waals surface area contributed by atoms with E-state index in [-0.39, 0.29) is 13.0 Å². The Kier molecular flexibility index (Phi) is 3.25. The Morgan fingerprint density at radius 1 is 1.37 bits per heavy atom. The molecular weight excluding hydrogens is 250 g/mol. The monoisotopic (exact) mass is 263 g/mol. The Balaban J connectivity index is 2.51. The van der Waals surface area contributed by atoms with Crippen molar-refractivity contribution in [2.75, 3.05) is 18.6 Å². The van der Waals surface area contributed by atoms with Crippen molar-refractivity contribution in [2.45, 2.75) is 13.3 Å². The van der Waals surface area contributed by atoms with Gasteiger partial charge in [0, 0.05) is 6.54 Å². The molecule has 1 amide bonds. The number of anilines is 1. The maximum Gasteiger partial charge on any atom is 0.305 e. The van der Waals surface area contributed by atoms with Crippen LogP contribution in [0, 0.1) is 6.92 Å². The first-order valence-corrected chi connectivity index (χ1v) is 5.73. The number of rotatable bonds is 4. The average molecular weight is 263 g/mol. The van der Waals surface area contributed by atoms with Gasteiger partial charge in [0.25, 0.3) is 11.7 Å². The molecule has 6 nitrogen and oxygen atoms in total. The molecule has 0 atom stereocenters. The second-order valence-electron chi connectivity index (χ2n) is 4.24. The number of hydrogen-bond donors (Lipinski definition) is 1. The van der Waals surface area contributed by atoms with E-state index in [9.17, 15) is 14.4 Å². The van der Waals surface area contributed by atoms with E-state index in [0.29, 0.717) is 22.6 Å². The largest absolute Gasteiger partial charge is 0.495 e. The van der Waals surface area contributed by atoms with Crippen LogP contribution in [0.25, 0.3) is 0 Å². The van der Waals surface area contributed by atoms with Crippen molar-refractivity contribution in [1.29, 1.82) is 0 Å². The highest BCUT2D eigenvalue weighted by Crippen LogP contribution is 2.39. The second-order valence-corrected chi connectivity index (χ2v) is 4.24. The number of carbonyl (C=O) groups is 3. The molecule has 1 aliphatic heterocycles. The molecule has 0 radical (unpaired) electrons. The van der Waals surface area contributed by atoms with Gasteiger partial charge >= 0.3 is 5.97 Å². The fraction of sp³-hybridized carbons (Fsp3) is 0.308. The number of amides is 1. The van der Waals surface area contributed by atoms with Gasteiger partial charge in [-0.3, -0.25) is 14.4 Å². The summed E-state index contributed by atoms with van der Waals surface area (Å²) in [6.45, 7) is 1.68. The normalized spacial score (nSPS) is 13.7. The smallest absolute Gasteiger partial charge is 0.305 e. The van der Waals surface area contributed by atoms with E-state index >= 15 is 0 Å². The Hall–Kier alpha value is -2.37. The van der Waals surface area contributed by atoms with Gasteiger partial charge in [0.1, 0.15) is 5.75 Å². The van der Waals surface area contributed by atoms with Crippen molar-refractivity contribution in [3.63, 3.8) is 0 Å². The molecule has 0 saturated carbocycles. The summed E-state index contributed by atoms with van der Waals surface area (Å²) in [5.41, 5.74) is 1.35. The third kappa shape index (κ3) is 2.05. The number of Topliss-reactive ketones (excluding diaryl/α,β-unsaturated/α-hetero) is 1. The van der Waals surface area contributed by atoms with E-state index < -0.39 is 17.7 Å². The van der Waals surface area contributed by atoms with Crippen LogP contribution < -0.4 is 9.64 Å². The van der Waals surface area contributed by atoms with Gasteiger partial charge in [-0.2, -0.15) is 0 Å². The van der Waals surface area contributed by atoms with E-state index in [0.717, 1.165) is 0 Å². The topological polar surface area (TPSA) is 83.9 Å². The number of carboxylic acids is 1. The van der Waals surface area contributed by atoms with E-state index in [1.807, 2.05) is 0 Å². The molecule has 1 heterocycles. The standard InChI is InChI=1S/C13H13NO5/c1-7-3-4-8(19-2)11-10(7)12(17)13(18)14(11)6-5-9(15)16/h3-4H,5-6H2,1-2H3,(H,15,16). The molecule has 0 bridgehead atoms. The number of ether oxygens (including phenoxy) is 1. The SMILES string of the molecule is COc1ccc(C)c2c1N(CCC(=O)O)C(=O)C2=O. The molecule has 100 valence electrons. The fourth-order valence-corrected chi connectivity index (χ4v) is 2.14. The Labute approximate surface area is 109 Å². The quantitative estimate of drug-likeness (QED) is 0.819. The molecular formula is C13H13NO5. The summed E-state index contributed by atoms with van der Waals surface area (Å²) >= 11 is 0. The molecule has 6 heteroatoms. The molecule has 1 aliphatic rings. The minimum absolute atomic E-state index is 0.0489. The van der Waals surface area contributed by atoms with E-state index in [1.165, 1.54) is 12.0 Å². The summed E-state index contributed by atoms with van der Waals surface area (Å²) in [6, 6.07) is 3.36. The van der Waals surface area contributed by atoms with Crippen LogP contribution in [0.2, 0.25) is 0 Å². The van der Waals surface area contributed by atoms with E-state index in [1.54, 1.807) is 19.1 Å². The number of ketones is 1. The summed E-state index contributed by atoms with van der Waals surface area (Å²) in [6.07, 6.45) is -0.227. The first kappa shape index (κ1) is 13.1. The lowest BCUT2D eigenvalue weighted by Crippen LogP contribution is -2.32. The van der Waals surface area contributed by atoms with Crippen molar-refractivity contribution in [1.82, 2.24) is 0 Å². The van der Waals surface area contributed by atoms with Crippen molar-refractivity contribution >= 4 is 23.3 Å². The number of benzene rings is 1. The zero-order valence-corrected chi connectivity index (χ0v) is 10.6. The van der Waals surface area contributed by atoms with Gasteiger partial charge in [0.05, 0.1) is 24.8 Å². The number of carboxylic acid groups (broad SMARTS) is 1. The van der Waals surface area contributed by atoms with Crippen molar-refractivity contribution < 1.29 is 24.2 Å². The summed E-state index contributed by atoms with van der Waals surface area (Å²) in [7, 11) is 1.44. The van der Waals surface area contributed by atoms with Gasteiger partial charge in [0.2, 0.25) is 0 Å².